The number of nitrogens with zero attached hydrogens (tertiary/aromatic N) is 2. The third-order valence-electron chi connectivity index (χ3n) is 2.54. The van der Waals surface area contributed by atoms with Gasteiger partial charge in [0.1, 0.15) is 17.2 Å². The van der Waals surface area contributed by atoms with E-state index >= 15 is 0 Å². The van der Waals surface area contributed by atoms with E-state index in [1.165, 1.54) is 14.0 Å². The Morgan fingerprint density at radius 3 is 2.69 bits per heavy atom. The summed E-state index contributed by atoms with van der Waals surface area (Å²) < 4.78 is 27.8. The fraction of sp³-hybridized carbons (Fsp3) is 0.667. The molecule has 6 nitrogen and oxygen atoms in total. The fourth-order valence-corrected chi connectivity index (χ4v) is 2.07. The predicted octanol–water partition coefficient (Wildman–Crippen LogP) is -0.464. The van der Waals surface area contributed by atoms with E-state index in [1.807, 2.05) is 18.0 Å². The van der Waals surface area contributed by atoms with Crippen molar-refractivity contribution in [3.8, 4) is 0 Å². The molecule has 0 saturated carbocycles. The predicted molar refractivity (Wildman–Crippen MR) is 62.6 cm³/mol. The Hall–Kier alpha value is -0.920. The van der Waals surface area contributed by atoms with Crippen LogP contribution in [0.15, 0.2) is 17.3 Å². The van der Waals surface area contributed by atoms with E-state index < -0.39 is 21.4 Å². The second-order valence-corrected chi connectivity index (χ2v) is 5.62. The van der Waals surface area contributed by atoms with Crippen molar-refractivity contribution in [3.63, 3.8) is 0 Å². The topological polar surface area (TPSA) is 85.0 Å². The van der Waals surface area contributed by atoms with Gasteiger partial charge in [-0.15, -0.1) is 0 Å². The maximum absolute atomic E-state index is 11.3. The zero-order valence-electron chi connectivity index (χ0n) is 9.62. The lowest BCUT2D eigenvalue weighted by atomic mass is 10.2. The summed E-state index contributed by atoms with van der Waals surface area (Å²) in [6.45, 7) is 2.19. The number of likely N-dealkylation sites (N-methyl/N-ethyl adjacent to an activating group) is 1. The molecule has 0 aromatic rings. The number of sulfonamides is 1. The summed E-state index contributed by atoms with van der Waals surface area (Å²) in [4.78, 5) is 5.96. The van der Waals surface area contributed by atoms with Gasteiger partial charge in [0, 0.05) is 26.9 Å². The number of methoxy groups -OCH3 is 1. The SMILES string of the molecule is CO[C@H](C1=NC=CCN1C)[C@H](C)S(N)(=O)=O. The molecule has 0 aliphatic carbocycles. The van der Waals surface area contributed by atoms with Crippen LogP contribution < -0.4 is 5.14 Å². The summed E-state index contributed by atoms with van der Waals surface area (Å²) in [6.07, 6.45) is 2.86. The second kappa shape index (κ2) is 4.94. The second-order valence-electron chi connectivity index (χ2n) is 3.70. The summed E-state index contributed by atoms with van der Waals surface area (Å²) >= 11 is 0. The molecule has 0 bridgehead atoms. The highest BCUT2D eigenvalue weighted by Gasteiger charge is 2.32. The van der Waals surface area contributed by atoms with E-state index in [-0.39, 0.29) is 0 Å². The van der Waals surface area contributed by atoms with Crippen molar-refractivity contribution in [3.05, 3.63) is 12.3 Å². The molecular weight excluding hydrogens is 230 g/mol. The maximum atomic E-state index is 11.3. The fourth-order valence-electron chi connectivity index (χ4n) is 1.50. The molecule has 0 saturated heterocycles. The third kappa shape index (κ3) is 2.81. The molecule has 2 atom stereocenters. The Labute approximate surface area is 95.8 Å². The van der Waals surface area contributed by atoms with Gasteiger partial charge in [-0.3, -0.25) is 0 Å². The van der Waals surface area contributed by atoms with Gasteiger partial charge in [0.2, 0.25) is 10.0 Å². The molecule has 1 aliphatic heterocycles. The van der Waals surface area contributed by atoms with E-state index in [2.05, 4.69) is 4.99 Å². The van der Waals surface area contributed by atoms with E-state index in [1.54, 1.807) is 6.20 Å². The van der Waals surface area contributed by atoms with Crippen molar-refractivity contribution in [1.29, 1.82) is 0 Å². The number of hydrogen-bond donors (Lipinski definition) is 1. The number of primary sulfonamides is 1. The van der Waals surface area contributed by atoms with Crippen molar-refractivity contribution in [1.82, 2.24) is 4.90 Å². The minimum absolute atomic E-state index is 0.575. The summed E-state index contributed by atoms with van der Waals surface area (Å²) in [6, 6.07) is 0. The van der Waals surface area contributed by atoms with Crippen LogP contribution in [-0.2, 0) is 14.8 Å². The zero-order chi connectivity index (χ0) is 12.3. The number of ether oxygens (including phenoxy) is 1. The molecule has 0 fully saturated rings. The molecular formula is C9H17N3O3S. The van der Waals surface area contributed by atoms with Crippen LogP contribution >= 0.6 is 0 Å². The largest absolute Gasteiger partial charge is 0.372 e. The van der Waals surface area contributed by atoms with Crippen LogP contribution in [0.5, 0.6) is 0 Å². The van der Waals surface area contributed by atoms with Crippen LogP contribution in [-0.4, -0.2) is 51.2 Å². The Morgan fingerprint density at radius 2 is 2.25 bits per heavy atom. The van der Waals surface area contributed by atoms with Gasteiger partial charge in [-0.2, -0.15) is 0 Å². The van der Waals surface area contributed by atoms with Crippen molar-refractivity contribution < 1.29 is 13.2 Å². The molecule has 0 spiro atoms. The van der Waals surface area contributed by atoms with E-state index in [4.69, 9.17) is 9.88 Å². The highest BCUT2D eigenvalue weighted by Crippen LogP contribution is 2.12. The molecule has 0 aromatic heterocycles. The van der Waals surface area contributed by atoms with Crippen molar-refractivity contribution in [2.75, 3.05) is 20.7 Å². The van der Waals surface area contributed by atoms with E-state index in [0.717, 1.165) is 0 Å². The summed E-state index contributed by atoms with van der Waals surface area (Å²) in [5, 5.41) is 4.28. The Bertz CT molecular complexity index is 402. The van der Waals surface area contributed by atoms with Crippen molar-refractivity contribution in [2.45, 2.75) is 18.3 Å². The maximum Gasteiger partial charge on any atom is 0.214 e. The van der Waals surface area contributed by atoms with Gasteiger partial charge < -0.3 is 9.64 Å². The standard InChI is InChI=1S/C9H17N3O3S/c1-7(16(10,13)14)8(15-3)9-11-5-4-6-12(9)2/h4-5,7-8H,6H2,1-3H3,(H2,10,13,14)/t7-,8-/m0/s1. The van der Waals surface area contributed by atoms with Crippen LogP contribution in [0.25, 0.3) is 0 Å². The van der Waals surface area contributed by atoms with Gasteiger partial charge in [0.25, 0.3) is 0 Å². The van der Waals surface area contributed by atoms with Gasteiger partial charge in [-0.05, 0) is 13.0 Å². The third-order valence-corrected chi connectivity index (χ3v) is 3.82. The number of nitrogens with two attached hydrogens (primary N) is 1. The average Bonchev–Trinajstić information content (AvgIpc) is 2.20. The highest BCUT2D eigenvalue weighted by molar-refractivity contribution is 7.89. The normalized spacial score (nSPS) is 20.5. The monoisotopic (exact) mass is 247 g/mol. The first-order valence-corrected chi connectivity index (χ1v) is 6.47. The van der Waals surface area contributed by atoms with Crippen LogP contribution in [0.4, 0.5) is 0 Å². The van der Waals surface area contributed by atoms with E-state index in [9.17, 15) is 8.42 Å². The molecule has 92 valence electrons. The van der Waals surface area contributed by atoms with E-state index in [0.29, 0.717) is 12.4 Å². The van der Waals surface area contributed by atoms with Crippen LogP contribution in [0.1, 0.15) is 6.92 Å². The van der Waals surface area contributed by atoms with Crippen molar-refractivity contribution >= 4 is 15.9 Å². The average molecular weight is 247 g/mol. The molecule has 0 aromatic carbocycles. The van der Waals surface area contributed by atoms with Gasteiger partial charge in [0.15, 0.2) is 0 Å². The quantitative estimate of drug-likeness (QED) is 0.728. The smallest absolute Gasteiger partial charge is 0.214 e. The molecule has 0 radical (unpaired) electrons. The first kappa shape index (κ1) is 13.1. The molecule has 0 amide bonds. The number of amidine groups is 1. The number of aliphatic imine (C=N–C) groups is 1. The van der Waals surface area contributed by atoms with Crippen LogP contribution in [0.3, 0.4) is 0 Å². The first-order chi connectivity index (χ1) is 7.38. The molecule has 7 heteroatoms. The summed E-state index contributed by atoms with van der Waals surface area (Å²) in [7, 11) is -0.374. The molecule has 2 N–H and O–H groups in total. The summed E-state index contributed by atoms with van der Waals surface area (Å²) in [5.74, 6) is 0.575. The van der Waals surface area contributed by atoms with Gasteiger partial charge in [-0.1, -0.05) is 0 Å². The minimum Gasteiger partial charge on any atom is -0.372 e. The Kier molecular flexibility index (Phi) is 4.06. The van der Waals surface area contributed by atoms with Crippen LogP contribution in [0, 0.1) is 0 Å². The lowest BCUT2D eigenvalue weighted by Crippen LogP contribution is -2.48. The Morgan fingerprint density at radius 1 is 1.62 bits per heavy atom. The van der Waals surface area contributed by atoms with Gasteiger partial charge in [-0.25, -0.2) is 18.5 Å². The van der Waals surface area contributed by atoms with Gasteiger partial charge in [0.05, 0.1) is 0 Å². The number of hydrogen-bond acceptors (Lipinski definition) is 5. The first-order valence-electron chi connectivity index (χ1n) is 4.86. The summed E-state index contributed by atoms with van der Waals surface area (Å²) in [5.41, 5.74) is 0. The molecule has 1 aliphatic rings. The molecule has 1 heterocycles. The number of rotatable bonds is 4. The Balaban J connectivity index is 2.98. The lowest BCUT2D eigenvalue weighted by molar-refractivity contribution is 0.144. The molecule has 1 rings (SSSR count). The van der Waals surface area contributed by atoms with Gasteiger partial charge >= 0.3 is 0 Å². The zero-order valence-corrected chi connectivity index (χ0v) is 10.4. The lowest BCUT2D eigenvalue weighted by Gasteiger charge is -2.30. The van der Waals surface area contributed by atoms with Crippen LogP contribution in [0.2, 0.25) is 0 Å². The molecule has 0 unspecified atom stereocenters. The van der Waals surface area contributed by atoms with Crippen molar-refractivity contribution in [2.24, 2.45) is 10.1 Å². The highest BCUT2D eigenvalue weighted by atomic mass is 32.2. The molecule has 16 heavy (non-hydrogen) atoms. The minimum atomic E-state index is -3.64.